The lowest BCUT2D eigenvalue weighted by Gasteiger charge is -2.14. The molecule has 6 nitrogen and oxygen atoms in total. The van der Waals surface area contributed by atoms with E-state index in [-0.39, 0.29) is 0 Å². The van der Waals surface area contributed by atoms with Crippen molar-refractivity contribution in [2.45, 2.75) is 13.5 Å². The van der Waals surface area contributed by atoms with Crippen LogP contribution >= 0.6 is 0 Å². The fourth-order valence-corrected chi connectivity index (χ4v) is 3.67. The van der Waals surface area contributed by atoms with Crippen molar-refractivity contribution in [3.8, 4) is 11.5 Å². The highest BCUT2D eigenvalue weighted by atomic mass is 16.6. The summed E-state index contributed by atoms with van der Waals surface area (Å²) in [6.45, 7) is 4.61. The van der Waals surface area contributed by atoms with E-state index >= 15 is 0 Å². The summed E-state index contributed by atoms with van der Waals surface area (Å²) in [7, 11) is 0. The van der Waals surface area contributed by atoms with Gasteiger partial charge in [-0.15, -0.1) is 0 Å². The van der Waals surface area contributed by atoms with Gasteiger partial charge >= 0.3 is 0 Å². The molecule has 4 aromatic rings. The predicted octanol–water partition coefficient (Wildman–Crippen LogP) is 4.49. The highest BCUT2D eigenvalue weighted by molar-refractivity contribution is 5.92. The highest BCUT2D eigenvalue weighted by Crippen LogP contribution is 2.35. The number of nitrogens with one attached hydrogen (secondary N) is 1. The molecule has 1 aromatic heterocycles. The number of ether oxygens (including phenoxy) is 3. The number of hydrogen-bond acceptors (Lipinski definition) is 6. The Balaban J connectivity index is 1.47. The Bertz CT molecular complexity index is 1210. The van der Waals surface area contributed by atoms with Gasteiger partial charge in [0.05, 0.1) is 18.7 Å². The minimum Gasteiger partial charge on any atom is -0.487 e. The van der Waals surface area contributed by atoms with E-state index in [0.29, 0.717) is 50.3 Å². The number of aryl methyl sites for hydroxylation is 1. The third kappa shape index (κ3) is 3.86. The highest BCUT2D eigenvalue weighted by Gasteiger charge is 2.14. The first-order chi connectivity index (χ1) is 14.8. The monoisotopic (exact) mass is 401 g/mol. The van der Waals surface area contributed by atoms with Gasteiger partial charge in [0.25, 0.3) is 0 Å². The van der Waals surface area contributed by atoms with E-state index in [1.165, 1.54) is 16.3 Å². The molecule has 2 heterocycles. The molecule has 0 fully saturated rings. The van der Waals surface area contributed by atoms with Gasteiger partial charge in [0.1, 0.15) is 24.9 Å². The first-order valence-electron chi connectivity index (χ1n) is 10.1. The van der Waals surface area contributed by atoms with Crippen molar-refractivity contribution in [1.29, 1.82) is 0 Å². The van der Waals surface area contributed by atoms with Gasteiger partial charge in [0.15, 0.2) is 11.5 Å². The molecule has 1 N–H and O–H groups in total. The first-order valence-corrected chi connectivity index (χ1v) is 10.1. The third-order valence-electron chi connectivity index (χ3n) is 5.12. The van der Waals surface area contributed by atoms with E-state index in [0.717, 1.165) is 16.7 Å². The lowest BCUT2D eigenvalue weighted by atomic mass is 10.1. The van der Waals surface area contributed by atoms with Crippen LogP contribution in [0.1, 0.15) is 11.4 Å². The van der Waals surface area contributed by atoms with E-state index in [2.05, 4.69) is 57.7 Å². The van der Waals surface area contributed by atoms with Crippen molar-refractivity contribution in [3.05, 3.63) is 66.0 Å². The zero-order valence-electron chi connectivity index (χ0n) is 16.9. The maximum atomic E-state index is 5.88. The number of anilines is 1. The Hall–Kier alpha value is -3.38. The number of hydrogen-bond donors (Lipinski definition) is 1. The number of fused-ring (bicyclic) bond motifs is 3. The second-order valence-electron chi connectivity index (χ2n) is 7.28. The average molecular weight is 401 g/mol. The number of aromatic nitrogens is 2. The van der Waals surface area contributed by atoms with Crippen LogP contribution in [0.4, 0.5) is 5.82 Å². The number of rotatable bonds is 3. The van der Waals surface area contributed by atoms with E-state index < -0.39 is 0 Å². The van der Waals surface area contributed by atoms with Crippen molar-refractivity contribution in [1.82, 2.24) is 9.97 Å². The fraction of sp³-hybridized carbons (Fsp3) is 0.250. The van der Waals surface area contributed by atoms with Gasteiger partial charge in [-0.1, -0.05) is 36.4 Å². The Morgan fingerprint density at radius 2 is 1.60 bits per heavy atom. The quantitative estimate of drug-likeness (QED) is 0.546. The summed E-state index contributed by atoms with van der Waals surface area (Å²) < 4.78 is 17.2. The Kier molecular flexibility index (Phi) is 5.07. The molecule has 152 valence electrons. The summed E-state index contributed by atoms with van der Waals surface area (Å²) >= 11 is 0. The summed E-state index contributed by atoms with van der Waals surface area (Å²) in [5.41, 5.74) is 2.02. The molecule has 0 unspecified atom stereocenters. The molecule has 5 rings (SSSR count). The molecule has 0 amide bonds. The fourth-order valence-electron chi connectivity index (χ4n) is 3.67. The molecule has 0 spiro atoms. The van der Waals surface area contributed by atoms with Crippen LogP contribution in [0.5, 0.6) is 11.5 Å². The maximum Gasteiger partial charge on any atom is 0.163 e. The van der Waals surface area contributed by atoms with Crippen LogP contribution in [0.2, 0.25) is 0 Å². The zero-order valence-corrected chi connectivity index (χ0v) is 16.9. The van der Waals surface area contributed by atoms with Gasteiger partial charge in [0.2, 0.25) is 0 Å². The molecule has 6 heteroatoms. The van der Waals surface area contributed by atoms with Crippen molar-refractivity contribution >= 4 is 27.5 Å². The van der Waals surface area contributed by atoms with Gasteiger partial charge in [-0.05, 0) is 35.4 Å². The van der Waals surface area contributed by atoms with E-state index in [1.54, 1.807) is 0 Å². The molecular formula is C24H23N3O3. The standard InChI is InChI=1S/C24H23N3O3/c1-16-26-21-14-23-22(29-10-8-28-9-11-30-23)13-20(21)24(27-16)25-15-17-6-7-18-4-2-3-5-19(18)12-17/h2-7,12-14H,8-11,15H2,1H3,(H,25,26,27). The van der Waals surface area contributed by atoms with Crippen LogP contribution in [0.15, 0.2) is 54.6 Å². The second-order valence-corrected chi connectivity index (χ2v) is 7.28. The minimum atomic E-state index is 0.481. The molecule has 1 aliphatic rings. The Labute approximate surface area is 174 Å². The molecule has 1 aliphatic heterocycles. The van der Waals surface area contributed by atoms with Crippen molar-refractivity contribution < 1.29 is 14.2 Å². The van der Waals surface area contributed by atoms with Crippen LogP contribution < -0.4 is 14.8 Å². The van der Waals surface area contributed by atoms with Gasteiger partial charge in [-0.2, -0.15) is 0 Å². The van der Waals surface area contributed by atoms with Gasteiger partial charge in [-0.3, -0.25) is 0 Å². The topological polar surface area (TPSA) is 65.5 Å². The molecule has 3 aromatic carbocycles. The summed E-state index contributed by atoms with van der Waals surface area (Å²) in [6.07, 6.45) is 0. The number of benzene rings is 3. The number of nitrogens with zero attached hydrogens (tertiary/aromatic N) is 2. The van der Waals surface area contributed by atoms with Gasteiger partial charge in [0, 0.05) is 18.0 Å². The summed E-state index contributed by atoms with van der Waals surface area (Å²) in [6, 6.07) is 18.7. The smallest absolute Gasteiger partial charge is 0.163 e. The summed E-state index contributed by atoms with van der Waals surface area (Å²) in [4.78, 5) is 9.24. The average Bonchev–Trinajstić information content (AvgIpc) is 2.87. The Morgan fingerprint density at radius 3 is 2.43 bits per heavy atom. The molecule has 0 saturated carbocycles. The first kappa shape index (κ1) is 18.6. The van der Waals surface area contributed by atoms with Crippen LogP contribution in [-0.2, 0) is 11.3 Å². The summed E-state index contributed by atoms with van der Waals surface area (Å²) in [5.74, 6) is 2.87. The van der Waals surface area contributed by atoms with Crippen LogP contribution in [0, 0.1) is 6.92 Å². The molecule has 0 saturated heterocycles. The molecular weight excluding hydrogens is 378 g/mol. The van der Waals surface area contributed by atoms with Crippen LogP contribution in [-0.4, -0.2) is 36.4 Å². The minimum absolute atomic E-state index is 0.481. The van der Waals surface area contributed by atoms with Gasteiger partial charge < -0.3 is 19.5 Å². The van der Waals surface area contributed by atoms with Crippen molar-refractivity contribution in [2.75, 3.05) is 31.7 Å². The predicted molar refractivity (Wildman–Crippen MR) is 117 cm³/mol. The SMILES string of the molecule is Cc1nc(NCc2ccc3ccccc3c2)c2cc3c(cc2n1)OCCOCCO3. The zero-order chi connectivity index (χ0) is 20.3. The lowest BCUT2D eigenvalue weighted by molar-refractivity contribution is 0.0877. The van der Waals surface area contributed by atoms with Crippen molar-refractivity contribution in [3.63, 3.8) is 0 Å². The largest absolute Gasteiger partial charge is 0.487 e. The molecule has 0 bridgehead atoms. The Morgan fingerprint density at radius 1 is 0.833 bits per heavy atom. The molecule has 0 radical (unpaired) electrons. The maximum absolute atomic E-state index is 5.88. The van der Waals surface area contributed by atoms with Crippen molar-refractivity contribution in [2.24, 2.45) is 0 Å². The third-order valence-corrected chi connectivity index (χ3v) is 5.12. The van der Waals surface area contributed by atoms with Crippen LogP contribution in [0.3, 0.4) is 0 Å². The molecule has 0 atom stereocenters. The molecule has 30 heavy (non-hydrogen) atoms. The molecule has 0 aliphatic carbocycles. The summed E-state index contributed by atoms with van der Waals surface area (Å²) in [5, 5.41) is 6.85. The second kappa shape index (κ2) is 8.16. The van der Waals surface area contributed by atoms with Gasteiger partial charge in [-0.25, -0.2) is 9.97 Å². The normalized spacial score (nSPS) is 14.2. The van der Waals surface area contributed by atoms with E-state index in [4.69, 9.17) is 14.2 Å². The lowest BCUT2D eigenvalue weighted by Crippen LogP contribution is -2.08. The van der Waals surface area contributed by atoms with E-state index in [9.17, 15) is 0 Å². The van der Waals surface area contributed by atoms with Crippen LogP contribution in [0.25, 0.3) is 21.7 Å². The van der Waals surface area contributed by atoms with E-state index in [1.807, 2.05) is 19.1 Å².